The van der Waals surface area contributed by atoms with Crippen LogP contribution in [0.1, 0.15) is 27.2 Å². The molecule has 0 amide bonds. The summed E-state index contributed by atoms with van der Waals surface area (Å²) in [5, 5.41) is 0. The molecular weight excluding hydrogens is 340 g/mol. The highest BCUT2D eigenvalue weighted by molar-refractivity contribution is 6.14. The Hall–Kier alpha value is -3.53. The summed E-state index contributed by atoms with van der Waals surface area (Å²) >= 11 is 0. The molecule has 2 aromatic carbocycles. The molecule has 0 fully saturated rings. The summed E-state index contributed by atoms with van der Waals surface area (Å²) in [6.07, 6.45) is 7.12. The third-order valence-electron chi connectivity index (χ3n) is 4.30. The van der Waals surface area contributed by atoms with Crippen LogP contribution in [0.4, 0.5) is 0 Å². The molecule has 1 aliphatic heterocycles. The van der Waals surface area contributed by atoms with Crippen LogP contribution in [0.3, 0.4) is 0 Å². The number of allylic oxidation sites excluding steroid dienone is 1. The Balaban J connectivity index is 1.49. The Morgan fingerprint density at radius 3 is 2.67 bits per heavy atom. The Morgan fingerprint density at radius 2 is 1.89 bits per heavy atom. The minimum absolute atomic E-state index is 0.153. The Morgan fingerprint density at radius 1 is 1.04 bits per heavy atom. The van der Waals surface area contributed by atoms with Gasteiger partial charge in [0.1, 0.15) is 23.9 Å². The van der Waals surface area contributed by atoms with Gasteiger partial charge in [0.2, 0.25) is 5.78 Å². The molecule has 1 aliphatic rings. The number of benzene rings is 2. The molecule has 0 aliphatic carbocycles. The molecule has 4 rings (SSSR count). The third kappa shape index (κ3) is 3.55. The molecular formula is C23H18O4. The molecule has 0 radical (unpaired) electrons. The predicted octanol–water partition coefficient (Wildman–Crippen LogP) is 5.30. The number of furan rings is 1. The Kier molecular flexibility index (Phi) is 4.62. The molecule has 2 heterocycles. The number of ether oxygens (including phenoxy) is 2. The van der Waals surface area contributed by atoms with Crippen LogP contribution in [0.2, 0.25) is 0 Å². The molecule has 0 N–H and O–H groups in total. The highest BCUT2D eigenvalue weighted by atomic mass is 16.5. The van der Waals surface area contributed by atoms with Gasteiger partial charge >= 0.3 is 0 Å². The first kappa shape index (κ1) is 16.9. The van der Waals surface area contributed by atoms with Crippen molar-refractivity contribution in [3.8, 4) is 11.5 Å². The second kappa shape index (κ2) is 7.38. The van der Waals surface area contributed by atoms with Crippen molar-refractivity contribution in [1.29, 1.82) is 0 Å². The molecule has 0 unspecified atom stereocenters. The highest BCUT2D eigenvalue weighted by Crippen LogP contribution is 2.39. The first-order valence-electron chi connectivity index (χ1n) is 8.68. The maximum absolute atomic E-state index is 12.5. The lowest BCUT2D eigenvalue weighted by atomic mass is 10.1. The Bertz CT molecular complexity index is 1010. The topological polar surface area (TPSA) is 48.7 Å². The van der Waals surface area contributed by atoms with E-state index < -0.39 is 0 Å². The summed E-state index contributed by atoms with van der Waals surface area (Å²) in [5.41, 5.74) is 2.46. The van der Waals surface area contributed by atoms with Crippen LogP contribution >= 0.6 is 0 Å². The molecule has 4 heteroatoms. The van der Waals surface area contributed by atoms with Crippen LogP contribution in [-0.4, -0.2) is 12.4 Å². The quantitative estimate of drug-likeness (QED) is 0.581. The van der Waals surface area contributed by atoms with Crippen molar-refractivity contribution in [1.82, 2.24) is 0 Å². The molecule has 3 aromatic rings. The van der Waals surface area contributed by atoms with Gasteiger partial charge in [-0.1, -0.05) is 36.4 Å². The number of carbonyl (C=O) groups excluding carboxylic acids is 1. The van der Waals surface area contributed by atoms with E-state index >= 15 is 0 Å². The third-order valence-corrected chi connectivity index (χ3v) is 4.30. The predicted molar refractivity (Wildman–Crippen MR) is 104 cm³/mol. The normalized spacial score (nSPS) is 14.6. The molecule has 0 atom stereocenters. The lowest BCUT2D eigenvalue weighted by Crippen LogP contribution is -1.97. The number of hydrogen-bond donors (Lipinski definition) is 0. The van der Waals surface area contributed by atoms with Crippen molar-refractivity contribution in [3.63, 3.8) is 0 Å². The smallest absolute Gasteiger partial charge is 0.232 e. The zero-order chi connectivity index (χ0) is 18.6. The molecule has 0 saturated carbocycles. The zero-order valence-corrected chi connectivity index (χ0v) is 14.8. The average molecular weight is 358 g/mol. The SMILES string of the molecule is Cc1c(OC/C=C/c2ccccc2)ccc2c1O/C(=C\c1ccco1)C2=O. The fourth-order valence-electron chi connectivity index (χ4n) is 2.91. The maximum atomic E-state index is 12.5. The van der Waals surface area contributed by atoms with Crippen molar-refractivity contribution in [3.05, 3.63) is 95.1 Å². The molecule has 1 aromatic heterocycles. The van der Waals surface area contributed by atoms with Gasteiger partial charge in [0.05, 0.1) is 11.8 Å². The zero-order valence-electron chi connectivity index (χ0n) is 14.8. The van der Waals surface area contributed by atoms with Gasteiger partial charge in [-0.25, -0.2) is 0 Å². The number of Topliss-reactive ketones (excluding diaryl/α,β-unsaturated/α-hetero) is 1. The maximum Gasteiger partial charge on any atom is 0.232 e. The van der Waals surface area contributed by atoms with Crippen LogP contribution in [0.5, 0.6) is 11.5 Å². The van der Waals surface area contributed by atoms with E-state index in [9.17, 15) is 4.79 Å². The number of carbonyl (C=O) groups is 1. The van der Waals surface area contributed by atoms with Crippen LogP contribution in [-0.2, 0) is 0 Å². The fraction of sp³-hybridized carbons (Fsp3) is 0.0870. The molecule has 4 nitrogen and oxygen atoms in total. The van der Waals surface area contributed by atoms with Gasteiger partial charge in [0.25, 0.3) is 0 Å². The van der Waals surface area contributed by atoms with Crippen LogP contribution < -0.4 is 9.47 Å². The van der Waals surface area contributed by atoms with Gasteiger partial charge in [-0.05, 0) is 42.8 Å². The molecule has 0 spiro atoms. The monoisotopic (exact) mass is 358 g/mol. The van der Waals surface area contributed by atoms with E-state index in [0.29, 0.717) is 29.4 Å². The van der Waals surface area contributed by atoms with E-state index in [1.165, 1.54) is 0 Å². The summed E-state index contributed by atoms with van der Waals surface area (Å²) in [7, 11) is 0. The number of hydrogen-bond acceptors (Lipinski definition) is 4. The second-order valence-electron chi connectivity index (χ2n) is 6.14. The van der Waals surface area contributed by atoms with E-state index in [2.05, 4.69) is 0 Å². The minimum Gasteiger partial charge on any atom is -0.489 e. The van der Waals surface area contributed by atoms with Gasteiger partial charge in [-0.15, -0.1) is 0 Å². The van der Waals surface area contributed by atoms with Gasteiger partial charge in [-0.3, -0.25) is 4.79 Å². The second-order valence-corrected chi connectivity index (χ2v) is 6.14. The first-order valence-corrected chi connectivity index (χ1v) is 8.68. The lowest BCUT2D eigenvalue weighted by Gasteiger charge is -2.09. The molecule has 0 bridgehead atoms. The number of ketones is 1. The number of rotatable bonds is 5. The lowest BCUT2D eigenvalue weighted by molar-refractivity contribution is 0.101. The van der Waals surface area contributed by atoms with Gasteiger partial charge in [0, 0.05) is 11.6 Å². The van der Waals surface area contributed by atoms with E-state index in [4.69, 9.17) is 13.9 Å². The summed E-state index contributed by atoms with van der Waals surface area (Å²) in [4.78, 5) is 12.5. The van der Waals surface area contributed by atoms with Crippen molar-refractivity contribution in [2.45, 2.75) is 6.92 Å². The van der Waals surface area contributed by atoms with Crippen molar-refractivity contribution >= 4 is 17.9 Å². The van der Waals surface area contributed by atoms with Gasteiger partial charge in [0.15, 0.2) is 5.76 Å². The van der Waals surface area contributed by atoms with Crippen molar-refractivity contribution in [2.75, 3.05) is 6.61 Å². The van der Waals surface area contributed by atoms with Crippen LogP contribution in [0.25, 0.3) is 12.2 Å². The minimum atomic E-state index is -0.153. The van der Waals surface area contributed by atoms with E-state index in [1.54, 1.807) is 30.5 Å². The summed E-state index contributed by atoms with van der Waals surface area (Å²) in [6, 6.07) is 17.1. The number of fused-ring (bicyclic) bond motifs is 1. The van der Waals surface area contributed by atoms with Crippen LogP contribution in [0, 0.1) is 6.92 Å². The van der Waals surface area contributed by atoms with E-state index in [-0.39, 0.29) is 11.5 Å². The molecule has 0 saturated heterocycles. The summed E-state index contributed by atoms with van der Waals surface area (Å²) in [6.45, 7) is 2.32. The highest BCUT2D eigenvalue weighted by Gasteiger charge is 2.30. The molecule has 27 heavy (non-hydrogen) atoms. The van der Waals surface area contributed by atoms with Crippen molar-refractivity contribution in [2.24, 2.45) is 0 Å². The van der Waals surface area contributed by atoms with Gasteiger partial charge < -0.3 is 13.9 Å². The molecule has 134 valence electrons. The summed E-state index contributed by atoms with van der Waals surface area (Å²) < 4.78 is 16.9. The largest absolute Gasteiger partial charge is 0.489 e. The first-order chi connectivity index (χ1) is 13.2. The van der Waals surface area contributed by atoms with E-state index in [0.717, 1.165) is 11.1 Å². The average Bonchev–Trinajstić information content (AvgIpc) is 3.31. The van der Waals surface area contributed by atoms with Crippen molar-refractivity contribution < 1.29 is 18.7 Å². The van der Waals surface area contributed by atoms with E-state index in [1.807, 2.05) is 55.5 Å². The standard InChI is InChI=1S/C23H18O4/c1-16-20(26-14-5-9-17-7-3-2-4-8-17)12-11-19-22(24)21(27-23(16)19)15-18-10-6-13-25-18/h2-13,15H,14H2,1H3/b9-5+,21-15-. The van der Waals surface area contributed by atoms with Gasteiger partial charge in [-0.2, -0.15) is 0 Å². The fourth-order valence-corrected chi connectivity index (χ4v) is 2.91. The summed E-state index contributed by atoms with van der Waals surface area (Å²) in [5.74, 6) is 1.91. The van der Waals surface area contributed by atoms with Crippen LogP contribution in [0.15, 0.2) is 77.1 Å². The Labute approximate surface area is 157 Å².